The third-order valence-corrected chi connectivity index (χ3v) is 5.08. The van der Waals surface area contributed by atoms with Crippen LogP contribution < -0.4 is 4.74 Å². The molecule has 1 fully saturated rings. The standard InChI is InChI=1S/C12H13Cl2NO4S/c13-9-1-2-11(10(14)7-9)19-8-12(16)15-3-5-20(17,18)6-4-15/h1-2,7H,3-6,8H2. The minimum absolute atomic E-state index is 0.000438. The Morgan fingerprint density at radius 1 is 1.25 bits per heavy atom. The quantitative estimate of drug-likeness (QED) is 0.840. The van der Waals surface area contributed by atoms with Gasteiger partial charge in [-0.05, 0) is 18.2 Å². The van der Waals surface area contributed by atoms with Gasteiger partial charge in [0.25, 0.3) is 5.91 Å². The molecule has 8 heteroatoms. The molecule has 1 aliphatic rings. The van der Waals surface area contributed by atoms with Crippen molar-refractivity contribution in [2.45, 2.75) is 0 Å². The minimum Gasteiger partial charge on any atom is -0.482 e. The molecule has 1 amide bonds. The lowest BCUT2D eigenvalue weighted by molar-refractivity contribution is -0.133. The van der Waals surface area contributed by atoms with E-state index in [1.54, 1.807) is 12.1 Å². The van der Waals surface area contributed by atoms with Crippen molar-refractivity contribution in [1.29, 1.82) is 0 Å². The van der Waals surface area contributed by atoms with Crippen molar-refractivity contribution < 1.29 is 17.9 Å². The summed E-state index contributed by atoms with van der Waals surface area (Å²) >= 11 is 11.7. The second-order valence-electron chi connectivity index (χ2n) is 4.40. The molecule has 5 nitrogen and oxygen atoms in total. The van der Waals surface area contributed by atoms with Crippen molar-refractivity contribution in [3.63, 3.8) is 0 Å². The van der Waals surface area contributed by atoms with Gasteiger partial charge in [-0.1, -0.05) is 23.2 Å². The molecular formula is C12H13Cl2NO4S. The molecule has 20 heavy (non-hydrogen) atoms. The van der Waals surface area contributed by atoms with E-state index in [9.17, 15) is 13.2 Å². The number of sulfone groups is 1. The van der Waals surface area contributed by atoms with Crippen molar-refractivity contribution in [3.05, 3.63) is 28.2 Å². The van der Waals surface area contributed by atoms with E-state index >= 15 is 0 Å². The molecule has 0 aliphatic carbocycles. The monoisotopic (exact) mass is 337 g/mol. The first-order valence-corrected chi connectivity index (χ1v) is 8.51. The van der Waals surface area contributed by atoms with E-state index in [2.05, 4.69) is 0 Å². The van der Waals surface area contributed by atoms with Gasteiger partial charge < -0.3 is 9.64 Å². The van der Waals surface area contributed by atoms with E-state index in [1.807, 2.05) is 0 Å². The van der Waals surface area contributed by atoms with Crippen LogP contribution in [0.4, 0.5) is 0 Å². The van der Waals surface area contributed by atoms with Crippen molar-refractivity contribution in [2.75, 3.05) is 31.2 Å². The fourth-order valence-corrected chi connectivity index (χ4v) is 3.45. The van der Waals surface area contributed by atoms with E-state index in [0.717, 1.165) is 0 Å². The lowest BCUT2D eigenvalue weighted by Gasteiger charge is -2.26. The Balaban J connectivity index is 1.89. The molecule has 1 aromatic rings. The first-order valence-electron chi connectivity index (χ1n) is 5.93. The zero-order chi connectivity index (χ0) is 14.8. The summed E-state index contributed by atoms with van der Waals surface area (Å²) < 4.78 is 27.9. The summed E-state index contributed by atoms with van der Waals surface area (Å²) in [5.74, 6) is 0.112. The average molecular weight is 338 g/mol. The lowest BCUT2D eigenvalue weighted by atomic mass is 10.3. The van der Waals surface area contributed by atoms with Crippen LogP contribution in [0.25, 0.3) is 0 Å². The van der Waals surface area contributed by atoms with E-state index in [0.29, 0.717) is 15.8 Å². The van der Waals surface area contributed by atoms with Crippen molar-refractivity contribution in [3.8, 4) is 5.75 Å². The number of carbonyl (C=O) groups excluding carboxylic acids is 1. The number of carbonyl (C=O) groups is 1. The van der Waals surface area contributed by atoms with Crippen LogP contribution in [0, 0.1) is 0 Å². The van der Waals surface area contributed by atoms with Gasteiger partial charge >= 0.3 is 0 Å². The van der Waals surface area contributed by atoms with Gasteiger partial charge in [-0.3, -0.25) is 4.79 Å². The number of nitrogens with zero attached hydrogens (tertiary/aromatic N) is 1. The maximum Gasteiger partial charge on any atom is 0.260 e. The highest BCUT2D eigenvalue weighted by Crippen LogP contribution is 2.27. The number of halogens is 2. The van der Waals surface area contributed by atoms with Gasteiger partial charge in [0, 0.05) is 18.1 Å². The average Bonchev–Trinajstić information content (AvgIpc) is 2.37. The molecule has 0 N–H and O–H groups in total. The summed E-state index contributed by atoms with van der Waals surface area (Å²) in [6.07, 6.45) is 0. The molecule has 0 radical (unpaired) electrons. The van der Waals surface area contributed by atoms with E-state index < -0.39 is 9.84 Å². The summed E-state index contributed by atoms with van der Waals surface area (Å²) in [5.41, 5.74) is 0. The van der Waals surface area contributed by atoms with Gasteiger partial charge in [-0.2, -0.15) is 0 Å². The molecule has 0 atom stereocenters. The molecule has 0 spiro atoms. The van der Waals surface area contributed by atoms with Gasteiger partial charge in [0.05, 0.1) is 16.5 Å². The smallest absolute Gasteiger partial charge is 0.260 e. The zero-order valence-electron chi connectivity index (χ0n) is 10.5. The fourth-order valence-electron chi connectivity index (χ4n) is 1.78. The van der Waals surface area contributed by atoms with Crippen LogP contribution in [0.1, 0.15) is 0 Å². The summed E-state index contributed by atoms with van der Waals surface area (Å²) in [5, 5.41) is 0.807. The van der Waals surface area contributed by atoms with Crippen LogP contribution >= 0.6 is 23.2 Å². The third-order valence-electron chi connectivity index (χ3n) is 2.94. The molecular weight excluding hydrogens is 325 g/mol. The van der Waals surface area contributed by atoms with Gasteiger partial charge in [-0.25, -0.2) is 8.42 Å². The predicted molar refractivity (Wildman–Crippen MR) is 77.2 cm³/mol. The molecule has 1 saturated heterocycles. The third kappa shape index (κ3) is 4.01. The molecule has 1 aromatic carbocycles. The van der Waals surface area contributed by atoms with Crippen LogP contribution in [-0.4, -0.2) is 50.4 Å². The molecule has 0 unspecified atom stereocenters. The van der Waals surface area contributed by atoms with Crippen LogP contribution in [0.3, 0.4) is 0 Å². The molecule has 0 saturated carbocycles. The Hall–Kier alpha value is -0.980. The Labute approximate surface area is 127 Å². The Kier molecular flexibility index (Phi) is 4.78. The SMILES string of the molecule is O=C(COc1ccc(Cl)cc1Cl)N1CCS(=O)(=O)CC1. The maximum atomic E-state index is 11.9. The highest BCUT2D eigenvalue weighted by molar-refractivity contribution is 7.91. The summed E-state index contributed by atoms with van der Waals surface area (Å²) in [6.45, 7) is 0.235. The van der Waals surface area contributed by atoms with Crippen LogP contribution in [0.5, 0.6) is 5.75 Å². The van der Waals surface area contributed by atoms with Gasteiger partial charge in [-0.15, -0.1) is 0 Å². The van der Waals surface area contributed by atoms with Gasteiger partial charge in [0.2, 0.25) is 0 Å². The van der Waals surface area contributed by atoms with Crippen LogP contribution in [0.15, 0.2) is 18.2 Å². The molecule has 2 rings (SSSR count). The number of hydrogen-bond donors (Lipinski definition) is 0. The van der Waals surface area contributed by atoms with Crippen molar-refractivity contribution >= 4 is 38.9 Å². The second-order valence-corrected chi connectivity index (χ2v) is 7.54. The number of rotatable bonds is 3. The normalized spacial score (nSPS) is 17.8. The highest BCUT2D eigenvalue weighted by atomic mass is 35.5. The molecule has 0 aromatic heterocycles. The summed E-state index contributed by atoms with van der Waals surface area (Å²) in [6, 6.07) is 4.72. The number of hydrogen-bond acceptors (Lipinski definition) is 4. The molecule has 1 heterocycles. The first kappa shape index (κ1) is 15.4. The van der Waals surface area contributed by atoms with Gasteiger partial charge in [0.15, 0.2) is 16.4 Å². The Morgan fingerprint density at radius 3 is 2.50 bits per heavy atom. The van der Waals surface area contributed by atoms with E-state index in [-0.39, 0.29) is 37.1 Å². The largest absolute Gasteiger partial charge is 0.482 e. The summed E-state index contributed by atoms with van der Waals surface area (Å²) in [7, 11) is -3.00. The maximum absolute atomic E-state index is 11.9. The van der Waals surface area contributed by atoms with E-state index in [4.69, 9.17) is 27.9 Å². The highest BCUT2D eigenvalue weighted by Gasteiger charge is 2.25. The molecule has 1 aliphatic heterocycles. The van der Waals surface area contributed by atoms with E-state index in [1.165, 1.54) is 11.0 Å². The zero-order valence-corrected chi connectivity index (χ0v) is 12.8. The number of benzene rings is 1. The van der Waals surface area contributed by atoms with Gasteiger partial charge in [0.1, 0.15) is 5.75 Å². The molecule has 0 bridgehead atoms. The topological polar surface area (TPSA) is 63.7 Å². The number of ether oxygens (including phenoxy) is 1. The Morgan fingerprint density at radius 2 is 1.90 bits per heavy atom. The lowest BCUT2D eigenvalue weighted by Crippen LogP contribution is -2.45. The predicted octanol–water partition coefficient (Wildman–Crippen LogP) is 1.63. The van der Waals surface area contributed by atoms with Crippen LogP contribution in [0.2, 0.25) is 10.0 Å². The van der Waals surface area contributed by atoms with Crippen LogP contribution in [-0.2, 0) is 14.6 Å². The molecule has 110 valence electrons. The Bertz CT molecular complexity index is 604. The number of amides is 1. The van der Waals surface area contributed by atoms with Crippen molar-refractivity contribution in [2.24, 2.45) is 0 Å². The minimum atomic E-state index is -3.00. The second kappa shape index (κ2) is 6.20. The fraction of sp³-hybridized carbons (Fsp3) is 0.417. The first-order chi connectivity index (χ1) is 9.37. The summed E-state index contributed by atoms with van der Waals surface area (Å²) in [4.78, 5) is 13.4. The van der Waals surface area contributed by atoms with Crippen molar-refractivity contribution in [1.82, 2.24) is 4.90 Å².